The normalized spacial score (nSPS) is 27.7. The minimum Gasteiger partial charge on any atom is -0.355 e. The third kappa shape index (κ3) is 3.85. The number of nitrogens with zero attached hydrogens (tertiary/aromatic N) is 1. The van der Waals surface area contributed by atoms with Crippen LogP contribution in [0.3, 0.4) is 0 Å². The van der Waals surface area contributed by atoms with Gasteiger partial charge in [-0.15, -0.1) is 0 Å². The first-order valence-corrected chi connectivity index (χ1v) is 8.77. The first kappa shape index (κ1) is 17.8. The highest BCUT2D eigenvalue weighted by molar-refractivity contribution is 6.09. The van der Waals surface area contributed by atoms with Gasteiger partial charge in [-0.2, -0.15) is 0 Å². The summed E-state index contributed by atoms with van der Waals surface area (Å²) in [5.41, 5.74) is -0.784. The van der Waals surface area contributed by atoms with Gasteiger partial charge in [0.25, 0.3) is 5.91 Å². The van der Waals surface area contributed by atoms with Gasteiger partial charge in [0.1, 0.15) is 12.1 Å². The van der Waals surface area contributed by atoms with Crippen LogP contribution in [0.5, 0.6) is 0 Å². The summed E-state index contributed by atoms with van der Waals surface area (Å²) in [6, 6.07) is -0.430. The van der Waals surface area contributed by atoms with Gasteiger partial charge in [-0.1, -0.05) is 33.6 Å². The fourth-order valence-electron chi connectivity index (χ4n) is 3.58. The molecule has 1 aliphatic carbocycles. The molecule has 1 heterocycles. The fraction of sp³-hybridized carbons (Fsp3) is 0.824. The highest BCUT2D eigenvalue weighted by Crippen LogP contribution is 2.38. The maximum atomic E-state index is 12.7. The maximum Gasteiger partial charge on any atom is 0.325 e. The van der Waals surface area contributed by atoms with E-state index in [0.717, 1.165) is 37.0 Å². The summed E-state index contributed by atoms with van der Waals surface area (Å²) in [6.45, 7) is 6.69. The maximum absolute atomic E-state index is 12.7. The number of hydrogen-bond donors (Lipinski definition) is 2. The van der Waals surface area contributed by atoms with E-state index >= 15 is 0 Å². The molecule has 2 unspecified atom stereocenters. The largest absolute Gasteiger partial charge is 0.355 e. The summed E-state index contributed by atoms with van der Waals surface area (Å²) in [5, 5.41) is 5.66. The van der Waals surface area contributed by atoms with Crippen molar-refractivity contribution in [3.63, 3.8) is 0 Å². The monoisotopic (exact) mass is 323 g/mol. The third-order valence-corrected chi connectivity index (χ3v) is 5.08. The van der Waals surface area contributed by atoms with Crippen LogP contribution in [0.1, 0.15) is 59.3 Å². The van der Waals surface area contributed by atoms with Crippen LogP contribution in [-0.2, 0) is 9.59 Å². The molecule has 2 rings (SSSR count). The minimum absolute atomic E-state index is 0.117. The molecular formula is C17H29N3O3. The molecule has 2 fully saturated rings. The van der Waals surface area contributed by atoms with Gasteiger partial charge in [0.05, 0.1) is 0 Å². The first-order valence-electron chi connectivity index (χ1n) is 8.77. The minimum atomic E-state index is -0.784. The second-order valence-electron chi connectivity index (χ2n) is 7.33. The van der Waals surface area contributed by atoms with E-state index in [9.17, 15) is 14.4 Å². The molecule has 130 valence electrons. The van der Waals surface area contributed by atoms with Crippen molar-refractivity contribution in [3.05, 3.63) is 0 Å². The highest BCUT2D eigenvalue weighted by atomic mass is 16.2. The van der Waals surface area contributed by atoms with Gasteiger partial charge in [0.2, 0.25) is 5.91 Å². The summed E-state index contributed by atoms with van der Waals surface area (Å²) in [7, 11) is 0. The molecule has 2 aliphatic rings. The lowest BCUT2D eigenvalue weighted by atomic mass is 9.73. The summed E-state index contributed by atoms with van der Waals surface area (Å²) >= 11 is 0. The Kier molecular flexibility index (Phi) is 5.65. The molecule has 23 heavy (non-hydrogen) atoms. The fourth-order valence-corrected chi connectivity index (χ4v) is 3.58. The van der Waals surface area contributed by atoms with Crippen molar-refractivity contribution in [1.82, 2.24) is 15.5 Å². The van der Waals surface area contributed by atoms with Crippen LogP contribution in [0.4, 0.5) is 4.79 Å². The van der Waals surface area contributed by atoms with Crippen LogP contribution >= 0.6 is 0 Å². The first-order chi connectivity index (χ1) is 10.9. The Balaban J connectivity index is 1.89. The topological polar surface area (TPSA) is 78.5 Å². The molecule has 0 bridgehead atoms. The molecule has 1 spiro atoms. The van der Waals surface area contributed by atoms with Gasteiger partial charge in [0.15, 0.2) is 0 Å². The van der Waals surface area contributed by atoms with Crippen LogP contribution in [-0.4, -0.2) is 41.4 Å². The Labute approximate surface area is 138 Å². The van der Waals surface area contributed by atoms with E-state index in [1.54, 1.807) is 0 Å². The predicted octanol–water partition coefficient (Wildman–Crippen LogP) is 2.04. The zero-order valence-corrected chi connectivity index (χ0v) is 14.5. The second-order valence-corrected chi connectivity index (χ2v) is 7.33. The van der Waals surface area contributed by atoms with Crippen LogP contribution in [0.25, 0.3) is 0 Å². The lowest BCUT2D eigenvalue weighted by Gasteiger charge is -2.36. The van der Waals surface area contributed by atoms with E-state index in [4.69, 9.17) is 0 Å². The van der Waals surface area contributed by atoms with Crippen LogP contribution in [0.2, 0.25) is 0 Å². The lowest BCUT2D eigenvalue weighted by Crippen LogP contribution is -2.54. The summed E-state index contributed by atoms with van der Waals surface area (Å²) in [5.74, 6) is 0.224. The van der Waals surface area contributed by atoms with Crippen molar-refractivity contribution in [3.8, 4) is 0 Å². The molecule has 1 saturated carbocycles. The van der Waals surface area contributed by atoms with Gasteiger partial charge in [-0.25, -0.2) is 4.79 Å². The number of urea groups is 1. The van der Waals surface area contributed by atoms with Gasteiger partial charge in [-0.3, -0.25) is 14.5 Å². The Bertz CT molecular complexity index is 478. The number of hydrogen-bond acceptors (Lipinski definition) is 3. The molecule has 6 nitrogen and oxygen atoms in total. The summed E-state index contributed by atoms with van der Waals surface area (Å²) < 4.78 is 0. The van der Waals surface area contributed by atoms with Gasteiger partial charge < -0.3 is 10.6 Å². The van der Waals surface area contributed by atoms with Crippen molar-refractivity contribution in [1.29, 1.82) is 0 Å². The number of imide groups is 1. The number of carbonyl (C=O) groups is 3. The average molecular weight is 323 g/mol. The van der Waals surface area contributed by atoms with E-state index in [0.29, 0.717) is 18.9 Å². The van der Waals surface area contributed by atoms with Crippen molar-refractivity contribution < 1.29 is 14.4 Å². The molecule has 4 amide bonds. The van der Waals surface area contributed by atoms with Crippen molar-refractivity contribution in [2.24, 2.45) is 11.8 Å². The van der Waals surface area contributed by atoms with Crippen molar-refractivity contribution in [2.75, 3.05) is 13.1 Å². The van der Waals surface area contributed by atoms with Gasteiger partial charge in [-0.05, 0) is 37.5 Å². The molecule has 0 aromatic rings. The molecule has 1 aliphatic heterocycles. The van der Waals surface area contributed by atoms with Gasteiger partial charge in [0, 0.05) is 6.54 Å². The van der Waals surface area contributed by atoms with Crippen molar-refractivity contribution in [2.45, 2.75) is 64.8 Å². The Morgan fingerprint density at radius 3 is 2.78 bits per heavy atom. The molecule has 0 aromatic heterocycles. The van der Waals surface area contributed by atoms with Gasteiger partial charge >= 0.3 is 6.03 Å². The molecule has 1 saturated heterocycles. The zero-order valence-electron chi connectivity index (χ0n) is 14.5. The highest BCUT2D eigenvalue weighted by Gasteiger charge is 2.55. The van der Waals surface area contributed by atoms with E-state index in [1.165, 1.54) is 0 Å². The Morgan fingerprint density at radius 2 is 2.13 bits per heavy atom. The molecule has 0 radical (unpaired) electrons. The molecule has 2 N–H and O–H groups in total. The zero-order chi connectivity index (χ0) is 17.0. The van der Waals surface area contributed by atoms with E-state index in [1.807, 2.05) is 6.92 Å². The second kappa shape index (κ2) is 7.32. The van der Waals surface area contributed by atoms with Crippen LogP contribution < -0.4 is 10.6 Å². The number of nitrogens with one attached hydrogen (secondary N) is 2. The number of carbonyl (C=O) groups excluding carboxylic acids is 3. The smallest absolute Gasteiger partial charge is 0.325 e. The SMILES string of the molecule is CC(C)CCCNC(=O)CN1C(=O)NC2(CCCCC2C)C1=O. The molecular weight excluding hydrogens is 294 g/mol. The molecule has 6 heteroatoms. The summed E-state index contributed by atoms with van der Waals surface area (Å²) in [6.07, 6.45) is 5.58. The van der Waals surface area contributed by atoms with Crippen molar-refractivity contribution >= 4 is 17.8 Å². The third-order valence-electron chi connectivity index (χ3n) is 5.08. The average Bonchev–Trinajstić information content (AvgIpc) is 2.72. The Hall–Kier alpha value is -1.59. The predicted molar refractivity (Wildman–Crippen MR) is 87.7 cm³/mol. The number of rotatable bonds is 6. The molecule has 0 aromatic carbocycles. The van der Waals surface area contributed by atoms with E-state index in [-0.39, 0.29) is 24.3 Å². The summed E-state index contributed by atoms with van der Waals surface area (Å²) in [4.78, 5) is 38.0. The van der Waals surface area contributed by atoms with Crippen LogP contribution in [0, 0.1) is 11.8 Å². The van der Waals surface area contributed by atoms with Crippen LogP contribution in [0.15, 0.2) is 0 Å². The van der Waals surface area contributed by atoms with E-state index < -0.39 is 11.6 Å². The lowest BCUT2D eigenvalue weighted by molar-refractivity contribution is -0.137. The number of amides is 4. The standard InChI is InChI=1S/C17H29N3O3/c1-12(2)7-6-10-18-14(21)11-20-15(22)17(19-16(20)23)9-5-4-8-13(17)3/h12-13H,4-11H2,1-3H3,(H,18,21)(H,19,23). The molecule has 2 atom stereocenters. The Morgan fingerprint density at radius 1 is 1.39 bits per heavy atom. The quantitative estimate of drug-likeness (QED) is 0.580. The van der Waals surface area contributed by atoms with E-state index in [2.05, 4.69) is 24.5 Å².